The van der Waals surface area contributed by atoms with E-state index in [0.29, 0.717) is 31.1 Å². The Morgan fingerprint density at radius 1 is 1.42 bits per heavy atom. The molecule has 0 aliphatic carbocycles. The summed E-state index contributed by atoms with van der Waals surface area (Å²) in [5.74, 6) is 1.46. The van der Waals surface area contributed by atoms with Gasteiger partial charge in [0.05, 0.1) is 29.5 Å². The first kappa shape index (κ1) is 17.4. The average molecular weight is 370 g/mol. The van der Waals surface area contributed by atoms with Crippen molar-refractivity contribution in [2.45, 2.75) is 11.7 Å². The second-order valence-electron chi connectivity index (χ2n) is 6.28. The van der Waals surface area contributed by atoms with Crippen molar-refractivity contribution in [1.82, 2.24) is 0 Å². The number of hydrogen-bond donors (Lipinski definition) is 0. The van der Waals surface area contributed by atoms with Crippen molar-refractivity contribution in [2.75, 3.05) is 54.3 Å². The molecule has 8 heteroatoms. The Bertz CT molecular complexity index is 734. The average Bonchev–Trinajstić information content (AvgIpc) is 2.90. The third kappa shape index (κ3) is 3.80. The lowest BCUT2D eigenvalue weighted by Crippen LogP contribution is -2.39. The van der Waals surface area contributed by atoms with Gasteiger partial charge < -0.3 is 14.5 Å². The fourth-order valence-electron chi connectivity index (χ4n) is 2.91. The molecule has 0 aromatic heterocycles. The Kier molecular flexibility index (Phi) is 4.96. The van der Waals surface area contributed by atoms with Crippen LogP contribution in [0.25, 0.3) is 0 Å². The minimum Gasteiger partial charge on any atom is -0.489 e. The molecule has 0 N–H and O–H groups in total. The van der Waals surface area contributed by atoms with E-state index in [1.165, 1.54) is 11.8 Å². The number of thioether (sulfide) groups is 1. The van der Waals surface area contributed by atoms with Gasteiger partial charge in [-0.3, -0.25) is 4.79 Å². The molecule has 1 aromatic carbocycles. The van der Waals surface area contributed by atoms with E-state index < -0.39 is 9.84 Å². The molecule has 1 aromatic rings. The predicted molar refractivity (Wildman–Crippen MR) is 98.1 cm³/mol. The van der Waals surface area contributed by atoms with Crippen LogP contribution >= 0.6 is 11.8 Å². The Labute approximate surface area is 147 Å². The number of fused-ring (bicyclic) bond motifs is 1. The van der Waals surface area contributed by atoms with Gasteiger partial charge >= 0.3 is 0 Å². The molecule has 1 saturated heterocycles. The molecule has 3 rings (SSSR count). The van der Waals surface area contributed by atoms with Gasteiger partial charge in [0, 0.05) is 31.1 Å². The van der Waals surface area contributed by atoms with Crippen molar-refractivity contribution in [3.05, 3.63) is 18.2 Å². The molecule has 132 valence electrons. The highest BCUT2D eigenvalue weighted by atomic mass is 32.2. The highest BCUT2D eigenvalue weighted by Crippen LogP contribution is 2.35. The summed E-state index contributed by atoms with van der Waals surface area (Å²) < 4.78 is 28.7. The number of nitrogens with zero attached hydrogens (tertiary/aromatic N) is 2. The molecule has 0 radical (unpaired) electrons. The molecule has 1 fully saturated rings. The summed E-state index contributed by atoms with van der Waals surface area (Å²) in [5.41, 5.74) is 1.81. The molecular formula is C16H22N2O4S2. The van der Waals surface area contributed by atoms with Crippen LogP contribution in [0.4, 0.5) is 11.4 Å². The van der Waals surface area contributed by atoms with Crippen LogP contribution in [-0.4, -0.2) is 64.1 Å². The molecule has 1 atom stereocenters. The Hall–Kier alpha value is -1.41. The first-order valence-corrected chi connectivity index (χ1v) is 10.8. The van der Waals surface area contributed by atoms with Crippen molar-refractivity contribution in [2.24, 2.45) is 0 Å². The van der Waals surface area contributed by atoms with Crippen LogP contribution in [0, 0.1) is 0 Å². The summed E-state index contributed by atoms with van der Waals surface area (Å²) in [6.07, 6.45) is 0.645. The van der Waals surface area contributed by atoms with Gasteiger partial charge in [-0.2, -0.15) is 0 Å². The van der Waals surface area contributed by atoms with Crippen molar-refractivity contribution in [3.63, 3.8) is 0 Å². The zero-order chi connectivity index (χ0) is 17.3. The first-order valence-electron chi connectivity index (χ1n) is 7.92. The van der Waals surface area contributed by atoms with Crippen LogP contribution in [0.5, 0.6) is 5.75 Å². The second-order valence-corrected chi connectivity index (χ2v) is 9.79. The number of sulfone groups is 1. The van der Waals surface area contributed by atoms with Crippen molar-refractivity contribution >= 4 is 38.9 Å². The quantitative estimate of drug-likeness (QED) is 0.798. The molecule has 0 unspecified atom stereocenters. The number of carbonyl (C=O) groups is 1. The maximum absolute atomic E-state index is 12.6. The third-order valence-electron chi connectivity index (χ3n) is 4.26. The number of anilines is 2. The number of ether oxygens (including phenoxy) is 1. The number of hydrogen-bond acceptors (Lipinski definition) is 6. The van der Waals surface area contributed by atoms with E-state index >= 15 is 0 Å². The molecule has 0 spiro atoms. The van der Waals surface area contributed by atoms with Crippen LogP contribution in [0.3, 0.4) is 0 Å². The van der Waals surface area contributed by atoms with Gasteiger partial charge in [-0.1, -0.05) is 0 Å². The molecular weight excluding hydrogens is 348 g/mol. The van der Waals surface area contributed by atoms with Crippen molar-refractivity contribution in [3.8, 4) is 5.75 Å². The van der Waals surface area contributed by atoms with Crippen LogP contribution in [0.1, 0.15) is 6.42 Å². The Morgan fingerprint density at radius 3 is 2.88 bits per heavy atom. The third-order valence-corrected chi connectivity index (χ3v) is 7.52. The highest BCUT2D eigenvalue weighted by molar-refractivity contribution is 8.02. The van der Waals surface area contributed by atoms with Gasteiger partial charge in [0.25, 0.3) is 0 Å². The highest BCUT2D eigenvalue weighted by Gasteiger charge is 2.30. The molecule has 2 aliphatic heterocycles. The number of rotatable bonds is 4. The van der Waals surface area contributed by atoms with E-state index in [9.17, 15) is 13.2 Å². The molecule has 24 heavy (non-hydrogen) atoms. The van der Waals surface area contributed by atoms with Crippen LogP contribution in [0.2, 0.25) is 0 Å². The minimum absolute atomic E-state index is 0.00597. The molecule has 2 aliphatic rings. The van der Waals surface area contributed by atoms with E-state index in [-0.39, 0.29) is 22.7 Å². The lowest BCUT2D eigenvalue weighted by Gasteiger charge is -2.30. The summed E-state index contributed by atoms with van der Waals surface area (Å²) in [6.45, 7) is 0.995. The van der Waals surface area contributed by atoms with Crippen LogP contribution < -0.4 is 14.5 Å². The maximum atomic E-state index is 12.6. The van der Waals surface area contributed by atoms with Gasteiger partial charge in [0.15, 0.2) is 9.84 Å². The lowest BCUT2D eigenvalue weighted by molar-refractivity contribution is -0.116. The van der Waals surface area contributed by atoms with E-state index in [0.717, 1.165) is 11.4 Å². The van der Waals surface area contributed by atoms with Crippen LogP contribution in [0.15, 0.2) is 18.2 Å². The fraction of sp³-hybridized carbons (Fsp3) is 0.562. The molecule has 6 nitrogen and oxygen atoms in total. The summed E-state index contributed by atoms with van der Waals surface area (Å²) in [4.78, 5) is 16.3. The van der Waals surface area contributed by atoms with Gasteiger partial charge in [-0.25, -0.2) is 8.42 Å². The van der Waals surface area contributed by atoms with Crippen molar-refractivity contribution < 1.29 is 17.9 Å². The number of carbonyl (C=O) groups excluding carboxylic acids is 1. The summed E-state index contributed by atoms with van der Waals surface area (Å²) in [6, 6.07) is 5.81. The van der Waals surface area contributed by atoms with Crippen molar-refractivity contribution in [1.29, 1.82) is 0 Å². The van der Waals surface area contributed by atoms with Gasteiger partial charge in [-0.15, -0.1) is 11.8 Å². The standard InChI is InChI=1S/C16H22N2O4S2/c1-17(2)12-3-4-14-15(9-12)22-7-6-18(14)16(19)10-23-13-5-8-24(20,21)11-13/h3-4,9,13H,5-8,10-11H2,1-2H3/t13-/m1/s1. The predicted octanol–water partition coefficient (Wildman–Crippen LogP) is 1.40. The minimum atomic E-state index is -2.90. The Balaban J connectivity index is 1.66. The van der Waals surface area contributed by atoms with E-state index in [1.807, 2.05) is 37.2 Å². The summed E-state index contributed by atoms with van der Waals surface area (Å²) in [7, 11) is 1.02. The number of benzene rings is 1. The topological polar surface area (TPSA) is 66.9 Å². The molecule has 0 saturated carbocycles. The van der Waals surface area contributed by atoms with E-state index in [2.05, 4.69) is 0 Å². The van der Waals surface area contributed by atoms with E-state index in [1.54, 1.807) is 4.90 Å². The summed E-state index contributed by atoms with van der Waals surface area (Å²) >= 11 is 1.45. The van der Waals surface area contributed by atoms with Crippen LogP contribution in [-0.2, 0) is 14.6 Å². The number of amides is 1. The van der Waals surface area contributed by atoms with Gasteiger partial charge in [0.1, 0.15) is 12.4 Å². The SMILES string of the molecule is CN(C)c1ccc2c(c1)OCCN2C(=O)CS[C@@H]1CCS(=O)(=O)C1. The van der Waals surface area contributed by atoms with Gasteiger partial charge in [0.2, 0.25) is 5.91 Å². The monoisotopic (exact) mass is 370 g/mol. The smallest absolute Gasteiger partial charge is 0.237 e. The molecule has 0 bridgehead atoms. The summed E-state index contributed by atoms with van der Waals surface area (Å²) in [5, 5.41) is 0.0376. The lowest BCUT2D eigenvalue weighted by atomic mass is 10.2. The fourth-order valence-corrected chi connectivity index (χ4v) is 6.42. The first-order chi connectivity index (χ1) is 11.4. The van der Waals surface area contributed by atoms with E-state index in [4.69, 9.17) is 4.74 Å². The second kappa shape index (κ2) is 6.84. The molecule has 2 heterocycles. The zero-order valence-corrected chi connectivity index (χ0v) is 15.5. The zero-order valence-electron chi connectivity index (χ0n) is 13.9. The van der Waals surface area contributed by atoms with Gasteiger partial charge in [-0.05, 0) is 18.6 Å². The maximum Gasteiger partial charge on any atom is 0.237 e. The largest absolute Gasteiger partial charge is 0.489 e. The molecule has 1 amide bonds. The Morgan fingerprint density at radius 2 is 2.21 bits per heavy atom. The normalized spacial score (nSPS) is 21.9.